The molecule has 0 rings (SSSR count). The van der Waals surface area contributed by atoms with Crippen LogP contribution in [-0.4, -0.2) is 7.05 Å². The van der Waals surface area contributed by atoms with Crippen molar-refractivity contribution < 1.29 is 5.06 Å². The Morgan fingerprint density at radius 2 is 2.25 bits per heavy atom. The van der Waals surface area contributed by atoms with Gasteiger partial charge in [-0.05, 0) is 12.5 Å². The second-order valence-electron chi connectivity index (χ2n) is 1.85. The first-order valence-electron chi connectivity index (χ1n) is 2.86. The molecule has 1 N–H and O–H groups in total. The summed E-state index contributed by atoms with van der Waals surface area (Å²) in [7, 11) is 1.58. The molecule has 0 bridgehead atoms. The van der Waals surface area contributed by atoms with Gasteiger partial charge in [-0.3, -0.25) is 0 Å². The number of hydrogen-bond acceptors (Lipinski definition) is 1. The fourth-order valence-electron chi connectivity index (χ4n) is 0.450. The van der Waals surface area contributed by atoms with Gasteiger partial charge in [0.05, 0.1) is 12.7 Å². The molecule has 48 valence electrons. The molecular weight excluding hydrogens is 102 g/mol. The molecular formula is C6H13NO. The van der Waals surface area contributed by atoms with Crippen LogP contribution >= 0.6 is 0 Å². The minimum atomic E-state index is 0.173. The lowest BCUT2D eigenvalue weighted by Gasteiger charge is -2.15. The van der Waals surface area contributed by atoms with Gasteiger partial charge in [0.1, 0.15) is 0 Å². The first-order valence-corrected chi connectivity index (χ1v) is 2.86. The number of nitrogens with one attached hydrogen (secondary N) is 1. The molecule has 0 saturated carbocycles. The largest absolute Gasteiger partial charge is 0.629 e. The number of rotatable bonds is 2. The molecule has 0 amide bonds. The van der Waals surface area contributed by atoms with E-state index in [0.29, 0.717) is 0 Å². The van der Waals surface area contributed by atoms with Crippen LogP contribution in [-0.2, 0) is 0 Å². The standard InChI is InChI=1S/C6H13NO/c1-4-5-6(2)7(3)8/h5,7H,4H2,1-3H3/b6-5+. The van der Waals surface area contributed by atoms with Crippen LogP contribution in [0.5, 0.6) is 0 Å². The molecule has 1 unspecified atom stereocenters. The molecule has 2 heteroatoms. The van der Waals surface area contributed by atoms with E-state index in [1.54, 1.807) is 7.05 Å². The lowest BCUT2D eigenvalue weighted by molar-refractivity contribution is -0.782. The van der Waals surface area contributed by atoms with Gasteiger partial charge >= 0.3 is 0 Å². The van der Waals surface area contributed by atoms with Gasteiger partial charge in [0.2, 0.25) is 0 Å². The number of hydrogen-bond donors (Lipinski definition) is 1. The second kappa shape index (κ2) is 3.64. The van der Waals surface area contributed by atoms with Crippen molar-refractivity contribution in [3.63, 3.8) is 0 Å². The summed E-state index contributed by atoms with van der Waals surface area (Å²) in [5.74, 6) is 0. The van der Waals surface area contributed by atoms with E-state index in [1.165, 1.54) is 0 Å². The van der Waals surface area contributed by atoms with Crippen molar-refractivity contribution in [3.8, 4) is 0 Å². The third-order valence-corrected chi connectivity index (χ3v) is 1.07. The molecule has 0 aliphatic rings. The minimum absolute atomic E-state index is 0.173. The molecule has 2 nitrogen and oxygen atoms in total. The quantitative estimate of drug-likeness (QED) is 0.515. The zero-order valence-corrected chi connectivity index (χ0v) is 5.69. The lowest BCUT2D eigenvalue weighted by atomic mass is 10.4. The average Bonchev–Trinajstić information content (AvgIpc) is 1.67. The Hall–Kier alpha value is -0.340. The Morgan fingerprint density at radius 3 is 2.38 bits per heavy atom. The highest BCUT2D eigenvalue weighted by Gasteiger charge is 1.87. The van der Waals surface area contributed by atoms with E-state index in [9.17, 15) is 5.21 Å². The summed E-state index contributed by atoms with van der Waals surface area (Å²) < 4.78 is 0. The summed E-state index contributed by atoms with van der Waals surface area (Å²) >= 11 is 0. The Balaban J connectivity index is 3.61. The van der Waals surface area contributed by atoms with Crippen LogP contribution in [0, 0.1) is 5.21 Å². The molecule has 0 spiro atoms. The molecule has 0 radical (unpaired) electrons. The predicted octanol–water partition coefficient (Wildman–Crippen LogP) is 0.313. The number of allylic oxidation sites excluding steroid dienone is 2. The van der Waals surface area contributed by atoms with Gasteiger partial charge in [-0.25, -0.2) is 0 Å². The van der Waals surface area contributed by atoms with Gasteiger partial charge in [0.15, 0.2) is 0 Å². The van der Waals surface area contributed by atoms with E-state index in [-0.39, 0.29) is 5.06 Å². The third-order valence-electron chi connectivity index (χ3n) is 1.07. The minimum Gasteiger partial charge on any atom is -0.629 e. The Morgan fingerprint density at radius 1 is 1.75 bits per heavy atom. The molecule has 0 saturated heterocycles. The Bertz CT molecular complexity index is 86.5. The van der Waals surface area contributed by atoms with Crippen molar-refractivity contribution >= 4 is 0 Å². The first-order chi connectivity index (χ1) is 3.68. The van der Waals surface area contributed by atoms with Crippen molar-refractivity contribution in [3.05, 3.63) is 17.0 Å². The normalized spacial score (nSPS) is 16.2. The van der Waals surface area contributed by atoms with Crippen molar-refractivity contribution in [1.82, 2.24) is 0 Å². The summed E-state index contributed by atoms with van der Waals surface area (Å²) in [5, 5.41) is 10.6. The maximum absolute atomic E-state index is 10.5. The second-order valence-corrected chi connectivity index (χ2v) is 1.85. The van der Waals surface area contributed by atoms with Crippen LogP contribution in [0.4, 0.5) is 0 Å². The monoisotopic (exact) mass is 115 g/mol. The fraction of sp³-hybridized carbons (Fsp3) is 0.667. The lowest BCUT2D eigenvalue weighted by Crippen LogP contribution is -3.01. The number of hydroxylamine groups is 2. The van der Waals surface area contributed by atoms with Gasteiger partial charge in [-0.2, -0.15) is 0 Å². The van der Waals surface area contributed by atoms with Gasteiger partial charge < -0.3 is 10.3 Å². The van der Waals surface area contributed by atoms with E-state index in [4.69, 9.17) is 0 Å². The molecule has 1 atom stereocenters. The highest BCUT2D eigenvalue weighted by molar-refractivity contribution is 4.84. The summed E-state index contributed by atoms with van der Waals surface area (Å²) in [6.45, 7) is 3.86. The molecule has 0 aliphatic heterocycles. The van der Waals surface area contributed by atoms with Crippen molar-refractivity contribution in [2.45, 2.75) is 20.3 Å². The summed E-state index contributed by atoms with van der Waals surface area (Å²) in [6.07, 6.45) is 2.88. The molecule has 0 aliphatic carbocycles. The maximum Gasteiger partial charge on any atom is 0.0997 e. The van der Waals surface area contributed by atoms with Crippen LogP contribution in [0.3, 0.4) is 0 Å². The molecule has 0 aromatic heterocycles. The topological polar surface area (TPSA) is 27.5 Å². The predicted molar refractivity (Wildman–Crippen MR) is 34.3 cm³/mol. The Labute approximate surface area is 50.4 Å². The average molecular weight is 115 g/mol. The van der Waals surface area contributed by atoms with E-state index in [0.717, 1.165) is 12.1 Å². The van der Waals surface area contributed by atoms with Crippen LogP contribution in [0.25, 0.3) is 0 Å². The van der Waals surface area contributed by atoms with Gasteiger partial charge in [0.25, 0.3) is 0 Å². The van der Waals surface area contributed by atoms with Gasteiger partial charge in [-0.15, -0.1) is 0 Å². The smallest absolute Gasteiger partial charge is 0.0997 e. The van der Waals surface area contributed by atoms with Crippen LogP contribution < -0.4 is 5.06 Å². The van der Waals surface area contributed by atoms with Crippen LogP contribution in [0.15, 0.2) is 11.8 Å². The third kappa shape index (κ3) is 2.77. The van der Waals surface area contributed by atoms with E-state index >= 15 is 0 Å². The Kier molecular flexibility index (Phi) is 3.48. The highest BCUT2D eigenvalue weighted by atomic mass is 16.5. The SMILES string of the molecule is CC/C=C(\C)[NH+](C)[O-]. The van der Waals surface area contributed by atoms with Crippen molar-refractivity contribution in [2.24, 2.45) is 0 Å². The molecule has 0 fully saturated rings. The maximum atomic E-state index is 10.5. The zero-order chi connectivity index (χ0) is 6.57. The van der Waals surface area contributed by atoms with Gasteiger partial charge in [-0.1, -0.05) is 6.92 Å². The molecule has 0 aromatic carbocycles. The van der Waals surface area contributed by atoms with Gasteiger partial charge in [0, 0.05) is 6.92 Å². The number of quaternary nitrogens is 1. The van der Waals surface area contributed by atoms with Crippen molar-refractivity contribution in [1.29, 1.82) is 0 Å². The molecule has 8 heavy (non-hydrogen) atoms. The van der Waals surface area contributed by atoms with Crippen molar-refractivity contribution in [2.75, 3.05) is 7.05 Å². The summed E-state index contributed by atoms with van der Waals surface area (Å²) in [5.41, 5.74) is 0.868. The zero-order valence-electron chi connectivity index (χ0n) is 5.69. The van der Waals surface area contributed by atoms with E-state index in [1.807, 2.05) is 19.9 Å². The van der Waals surface area contributed by atoms with E-state index in [2.05, 4.69) is 0 Å². The summed E-state index contributed by atoms with van der Waals surface area (Å²) in [4.78, 5) is 0. The molecule has 0 heterocycles. The van der Waals surface area contributed by atoms with Crippen LogP contribution in [0.2, 0.25) is 0 Å². The summed E-state index contributed by atoms with van der Waals surface area (Å²) in [6, 6.07) is 0. The van der Waals surface area contributed by atoms with E-state index < -0.39 is 0 Å². The molecule has 0 aromatic rings. The fourth-order valence-corrected chi connectivity index (χ4v) is 0.450. The van der Waals surface area contributed by atoms with Crippen LogP contribution in [0.1, 0.15) is 20.3 Å². The first kappa shape index (κ1) is 7.66. The highest BCUT2D eigenvalue weighted by Crippen LogP contribution is 1.82.